The SMILES string of the molecule is CCC1(C(O)Cc2cccc(F)c2)CCCC1. The molecule has 17 heavy (non-hydrogen) atoms. The molecule has 1 unspecified atom stereocenters. The van der Waals surface area contributed by atoms with E-state index in [1.54, 1.807) is 6.07 Å². The Morgan fingerprint density at radius 2 is 2.06 bits per heavy atom. The van der Waals surface area contributed by atoms with Crippen LogP contribution in [0, 0.1) is 11.2 Å². The van der Waals surface area contributed by atoms with Crippen LogP contribution in [0.15, 0.2) is 24.3 Å². The summed E-state index contributed by atoms with van der Waals surface area (Å²) in [5, 5.41) is 10.4. The van der Waals surface area contributed by atoms with Crippen molar-refractivity contribution in [3.05, 3.63) is 35.6 Å². The number of aliphatic hydroxyl groups is 1. The van der Waals surface area contributed by atoms with Crippen LogP contribution in [-0.2, 0) is 6.42 Å². The first kappa shape index (κ1) is 12.6. The Morgan fingerprint density at radius 1 is 1.35 bits per heavy atom. The van der Waals surface area contributed by atoms with Crippen molar-refractivity contribution >= 4 is 0 Å². The van der Waals surface area contributed by atoms with Gasteiger partial charge in [-0.2, -0.15) is 0 Å². The maximum atomic E-state index is 13.1. The highest BCUT2D eigenvalue weighted by molar-refractivity contribution is 5.17. The van der Waals surface area contributed by atoms with E-state index in [2.05, 4.69) is 6.92 Å². The van der Waals surface area contributed by atoms with Crippen LogP contribution in [0.25, 0.3) is 0 Å². The first-order chi connectivity index (χ1) is 8.16. The Labute approximate surface area is 103 Å². The fourth-order valence-corrected chi connectivity index (χ4v) is 3.11. The molecule has 1 aromatic carbocycles. The molecule has 0 amide bonds. The molecule has 0 heterocycles. The largest absolute Gasteiger partial charge is 0.392 e. The smallest absolute Gasteiger partial charge is 0.123 e. The third kappa shape index (κ3) is 2.68. The summed E-state index contributed by atoms with van der Waals surface area (Å²) < 4.78 is 13.1. The molecule has 0 saturated heterocycles. The van der Waals surface area contributed by atoms with Crippen molar-refractivity contribution in [3.63, 3.8) is 0 Å². The molecule has 1 atom stereocenters. The van der Waals surface area contributed by atoms with Crippen molar-refractivity contribution in [1.82, 2.24) is 0 Å². The van der Waals surface area contributed by atoms with Crippen molar-refractivity contribution in [2.45, 2.75) is 51.6 Å². The van der Waals surface area contributed by atoms with Gasteiger partial charge in [0.2, 0.25) is 0 Å². The molecule has 1 aliphatic carbocycles. The summed E-state index contributed by atoms with van der Waals surface area (Å²) in [4.78, 5) is 0. The van der Waals surface area contributed by atoms with Gasteiger partial charge in [0, 0.05) is 0 Å². The molecule has 1 N–H and O–H groups in total. The minimum Gasteiger partial charge on any atom is -0.392 e. The van der Waals surface area contributed by atoms with Gasteiger partial charge in [-0.15, -0.1) is 0 Å². The lowest BCUT2D eigenvalue weighted by atomic mass is 9.76. The molecule has 0 aliphatic heterocycles. The minimum absolute atomic E-state index is 0.0757. The number of aliphatic hydroxyl groups excluding tert-OH is 1. The van der Waals surface area contributed by atoms with Gasteiger partial charge < -0.3 is 5.11 Å². The van der Waals surface area contributed by atoms with E-state index in [1.807, 2.05) is 6.07 Å². The summed E-state index contributed by atoms with van der Waals surface area (Å²) in [5.41, 5.74) is 0.976. The maximum absolute atomic E-state index is 13.1. The quantitative estimate of drug-likeness (QED) is 0.845. The molecule has 0 aromatic heterocycles. The monoisotopic (exact) mass is 236 g/mol. The maximum Gasteiger partial charge on any atom is 0.123 e. The Bertz CT molecular complexity index is 369. The van der Waals surface area contributed by atoms with Gasteiger partial charge in [-0.25, -0.2) is 4.39 Å². The molecular weight excluding hydrogens is 215 g/mol. The molecule has 1 nitrogen and oxygen atoms in total. The molecule has 1 saturated carbocycles. The summed E-state index contributed by atoms with van der Waals surface area (Å²) in [7, 11) is 0. The van der Waals surface area contributed by atoms with Gasteiger partial charge in [-0.05, 0) is 48.8 Å². The van der Waals surface area contributed by atoms with Crippen LogP contribution in [-0.4, -0.2) is 11.2 Å². The van der Waals surface area contributed by atoms with Crippen LogP contribution < -0.4 is 0 Å². The molecule has 1 fully saturated rings. The molecule has 0 radical (unpaired) electrons. The van der Waals surface area contributed by atoms with Crippen LogP contribution in [0.5, 0.6) is 0 Å². The Kier molecular flexibility index (Phi) is 3.82. The van der Waals surface area contributed by atoms with E-state index in [4.69, 9.17) is 0 Å². The summed E-state index contributed by atoms with van der Waals surface area (Å²) in [6.07, 6.45) is 5.91. The van der Waals surface area contributed by atoms with Gasteiger partial charge >= 0.3 is 0 Å². The highest BCUT2D eigenvalue weighted by atomic mass is 19.1. The first-order valence-corrected chi connectivity index (χ1v) is 6.59. The van der Waals surface area contributed by atoms with E-state index in [-0.39, 0.29) is 17.3 Å². The van der Waals surface area contributed by atoms with E-state index < -0.39 is 0 Å². The van der Waals surface area contributed by atoms with Crippen LogP contribution in [0.3, 0.4) is 0 Å². The number of benzene rings is 1. The second-order valence-electron chi connectivity index (χ2n) is 5.27. The van der Waals surface area contributed by atoms with Gasteiger partial charge in [0.05, 0.1) is 6.10 Å². The Morgan fingerprint density at radius 3 is 2.65 bits per heavy atom. The zero-order valence-corrected chi connectivity index (χ0v) is 10.5. The lowest BCUT2D eigenvalue weighted by molar-refractivity contribution is 0.0257. The average Bonchev–Trinajstić information content (AvgIpc) is 2.78. The summed E-state index contributed by atoms with van der Waals surface area (Å²) in [6, 6.07) is 6.58. The van der Waals surface area contributed by atoms with Gasteiger partial charge in [0.15, 0.2) is 0 Å². The first-order valence-electron chi connectivity index (χ1n) is 6.59. The van der Waals surface area contributed by atoms with Crippen LogP contribution in [0.4, 0.5) is 4.39 Å². The molecule has 0 spiro atoms. The highest BCUT2D eigenvalue weighted by Crippen LogP contribution is 2.44. The van der Waals surface area contributed by atoms with E-state index in [0.717, 1.165) is 24.8 Å². The van der Waals surface area contributed by atoms with Crippen molar-refractivity contribution in [2.24, 2.45) is 5.41 Å². The van der Waals surface area contributed by atoms with Crippen molar-refractivity contribution in [1.29, 1.82) is 0 Å². The average molecular weight is 236 g/mol. The minimum atomic E-state index is -0.336. The van der Waals surface area contributed by atoms with E-state index >= 15 is 0 Å². The van der Waals surface area contributed by atoms with Crippen molar-refractivity contribution in [3.8, 4) is 0 Å². The fraction of sp³-hybridized carbons (Fsp3) is 0.600. The topological polar surface area (TPSA) is 20.2 Å². The second kappa shape index (κ2) is 5.18. The van der Waals surface area contributed by atoms with Gasteiger partial charge in [0.25, 0.3) is 0 Å². The molecule has 0 bridgehead atoms. The molecule has 1 aromatic rings. The lowest BCUT2D eigenvalue weighted by Crippen LogP contribution is -2.33. The van der Waals surface area contributed by atoms with Crippen LogP contribution in [0.1, 0.15) is 44.6 Å². The lowest BCUT2D eigenvalue weighted by Gasteiger charge is -2.33. The highest BCUT2D eigenvalue weighted by Gasteiger charge is 2.38. The third-order valence-electron chi connectivity index (χ3n) is 4.33. The summed E-state index contributed by atoms with van der Waals surface area (Å²) in [5.74, 6) is -0.216. The standard InChI is InChI=1S/C15H21FO/c1-2-15(8-3-4-9-15)14(17)11-12-6-5-7-13(16)10-12/h5-7,10,14,17H,2-4,8-9,11H2,1H3. The van der Waals surface area contributed by atoms with Crippen LogP contribution >= 0.6 is 0 Å². The number of rotatable bonds is 4. The number of halogens is 1. The summed E-state index contributed by atoms with van der Waals surface area (Å²) >= 11 is 0. The number of hydrogen-bond donors (Lipinski definition) is 1. The summed E-state index contributed by atoms with van der Waals surface area (Å²) in [6.45, 7) is 2.15. The number of hydrogen-bond acceptors (Lipinski definition) is 1. The van der Waals surface area contributed by atoms with E-state index in [0.29, 0.717) is 6.42 Å². The molecular formula is C15H21FO. The second-order valence-corrected chi connectivity index (χ2v) is 5.27. The molecule has 2 heteroatoms. The zero-order chi connectivity index (χ0) is 12.3. The molecule has 94 valence electrons. The Balaban J connectivity index is 2.07. The van der Waals surface area contributed by atoms with Gasteiger partial charge in [-0.3, -0.25) is 0 Å². The predicted octanol–water partition coefficient (Wildman–Crippen LogP) is 3.70. The van der Waals surface area contributed by atoms with E-state index in [9.17, 15) is 9.50 Å². The normalized spacial score (nSPS) is 20.4. The van der Waals surface area contributed by atoms with Crippen molar-refractivity contribution in [2.75, 3.05) is 0 Å². The zero-order valence-electron chi connectivity index (χ0n) is 10.5. The van der Waals surface area contributed by atoms with Crippen LogP contribution in [0.2, 0.25) is 0 Å². The van der Waals surface area contributed by atoms with E-state index in [1.165, 1.54) is 25.0 Å². The Hall–Kier alpha value is -0.890. The molecule has 2 rings (SSSR count). The fourth-order valence-electron chi connectivity index (χ4n) is 3.11. The van der Waals surface area contributed by atoms with Gasteiger partial charge in [-0.1, -0.05) is 31.9 Å². The predicted molar refractivity (Wildman–Crippen MR) is 67.3 cm³/mol. The third-order valence-corrected chi connectivity index (χ3v) is 4.33. The van der Waals surface area contributed by atoms with Gasteiger partial charge in [0.1, 0.15) is 5.82 Å². The molecule has 1 aliphatic rings. The van der Waals surface area contributed by atoms with Crippen molar-refractivity contribution < 1.29 is 9.50 Å².